The van der Waals surface area contributed by atoms with Crippen molar-refractivity contribution in [2.24, 2.45) is 0 Å². The van der Waals surface area contributed by atoms with E-state index in [9.17, 15) is 0 Å². The van der Waals surface area contributed by atoms with E-state index in [-0.39, 0.29) is 0 Å². The van der Waals surface area contributed by atoms with Crippen LogP contribution in [-0.4, -0.2) is 0 Å². The maximum absolute atomic E-state index is 6.17. The summed E-state index contributed by atoms with van der Waals surface area (Å²) in [6, 6.07) is 14.8. The molecule has 132 valence electrons. The molecule has 0 aromatic heterocycles. The van der Waals surface area contributed by atoms with Crippen molar-refractivity contribution in [3.8, 4) is 11.5 Å². The van der Waals surface area contributed by atoms with Gasteiger partial charge in [-0.1, -0.05) is 75.6 Å². The molecule has 4 rings (SSSR count). The summed E-state index contributed by atoms with van der Waals surface area (Å²) in [6.07, 6.45) is 13.8. The highest BCUT2D eigenvalue weighted by Crippen LogP contribution is 2.46. The molecule has 0 atom stereocenters. The molecule has 2 aromatic rings. The molecule has 1 heterocycles. The van der Waals surface area contributed by atoms with Crippen molar-refractivity contribution in [2.75, 3.05) is 5.32 Å². The second-order valence-corrected chi connectivity index (χ2v) is 7.55. The van der Waals surface area contributed by atoms with Crippen molar-refractivity contribution >= 4 is 11.4 Å². The van der Waals surface area contributed by atoms with Crippen LogP contribution in [0.15, 0.2) is 42.5 Å². The van der Waals surface area contributed by atoms with Gasteiger partial charge in [0, 0.05) is 0 Å². The maximum Gasteiger partial charge on any atom is 0.151 e. The molecule has 1 aliphatic carbocycles. The lowest BCUT2D eigenvalue weighted by atomic mass is 9.87. The molecule has 2 aromatic carbocycles. The zero-order valence-electron chi connectivity index (χ0n) is 15.1. The van der Waals surface area contributed by atoms with Crippen molar-refractivity contribution in [3.05, 3.63) is 48.0 Å². The number of anilines is 2. The van der Waals surface area contributed by atoms with E-state index in [2.05, 4.69) is 35.6 Å². The van der Waals surface area contributed by atoms with Crippen LogP contribution in [0.3, 0.4) is 0 Å². The summed E-state index contributed by atoms with van der Waals surface area (Å²) in [4.78, 5) is 0. The van der Waals surface area contributed by atoms with Crippen LogP contribution in [-0.2, 0) is 0 Å². The highest BCUT2D eigenvalue weighted by atomic mass is 16.5. The van der Waals surface area contributed by atoms with Gasteiger partial charge in [0.05, 0.1) is 11.4 Å². The Kier molecular flexibility index (Phi) is 5.25. The van der Waals surface area contributed by atoms with Crippen molar-refractivity contribution in [1.82, 2.24) is 0 Å². The minimum atomic E-state index is 0.648. The zero-order chi connectivity index (χ0) is 16.9. The lowest BCUT2D eigenvalue weighted by Gasteiger charge is -2.27. The molecule has 0 unspecified atom stereocenters. The summed E-state index contributed by atoms with van der Waals surface area (Å²) in [5.41, 5.74) is 3.73. The van der Waals surface area contributed by atoms with Crippen molar-refractivity contribution in [2.45, 2.75) is 70.1 Å². The number of nitrogens with one attached hydrogen (secondary N) is 1. The van der Waals surface area contributed by atoms with Gasteiger partial charge in [-0.05, 0) is 42.5 Å². The topological polar surface area (TPSA) is 21.3 Å². The number of para-hydroxylation sites is 3. The lowest BCUT2D eigenvalue weighted by Crippen LogP contribution is -2.09. The van der Waals surface area contributed by atoms with Gasteiger partial charge in [0.2, 0.25) is 0 Å². The molecule has 2 heteroatoms. The quantitative estimate of drug-likeness (QED) is 0.496. The van der Waals surface area contributed by atoms with E-state index < -0.39 is 0 Å². The molecule has 1 saturated carbocycles. The number of benzene rings is 2. The molecular weight excluding hydrogens is 306 g/mol. The Morgan fingerprint density at radius 3 is 2.08 bits per heavy atom. The Balaban J connectivity index is 1.59. The van der Waals surface area contributed by atoms with E-state index in [1.807, 2.05) is 12.1 Å². The summed E-state index contributed by atoms with van der Waals surface area (Å²) < 4.78 is 6.17. The molecule has 2 aliphatic rings. The van der Waals surface area contributed by atoms with Gasteiger partial charge in [0.15, 0.2) is 11.5 Å². The molecular formula is C23H29NO. The third kappa shape index (κ3) is 3.84. The molecule has 2 nitrogen and oxygen atoms in total. The van der Waals surface area contributed by atoms with Gasteiger partial charge in [-0.3, -0.25) is 0 Å². The first-order valence-electron chi connectivity index (χ1n) is 10.1. The standard InChI is InChI=1S/C23H29NO/c1-2-4-6-8-13-18(12-7-5-3-1)19-14-11-17-22-23(19)24-20-15-9-10-16-21(20)25-22/h9-11,14-18,24H,1-8,12-13H2. The fourth-order valence-electron chi connectivity index (χ4n) is 4.32. The van der Waals surface area contributed by atoms with Gasteiger partial charge >= 0.3 is 0 Å². The molecule has 25 heavy (non-hydrogen) atoms. The Morgan fingerprint density at radius 2 is 1.32 bits per heavy atom. The number of hydrogen-bond donors (Lipinski definition) is 1. The predicted octanol–water partition coefficient (Wildman–Crippen LogP) is 7.53. The third-order valence-corrected chi connectivity index (χ3v) is 5.72. The Hall–Kier alpha value is -1.96. The maximum atomic E-state index is 6.17. The molecule has 1 N–H and O–H groups in total. The molecule has 0 radical (unpaired) electrons. The van der Waals surface area contributed by atoms with Crippen LogP contribution < -0.4 is 10.1 Å². The van der Waals surface area contributed by atoms with Gasteiger partial charge < -0.3 is 10.1 Å². The summed E-state index contributed by atoms with van der Waals surface area (Å²) in [7, 11) is 0. The van der Waals surface area contributed by atoms with Crippen LogP contribution in [0.1, 0.15) is 75.7 Å². The molecule has 0 amide bonds. The molecule has 1 fully saturated rings. The van der Waals surface area contributed by atoms with Crippen LogP contribution in [0, 0.1) is 0 Å². The smallest absolute Gasteiger partial charge is 0.151 e. The van der Waals surface area contributed by atoms with Crippen molar-refractivity contribution < 1.29 is 4.74 Å². The van der Waals surface area contributed by atoms with E-state index in [1.165, 1.54) is 75.5 Å². The minimum Gasteiger partial charge on any atom is -0.453 e. The van der Waals surface area contributed by atoms with Crippen molar-refractivity contribution in [3.63, 3.8) is 0 Å². The average Bonchev–Trinajstić information content (AvgIpc) is 2.71. The zero-order valence-corrected chi connectivity index (χ0v) is 15.1. The van der Waals surface area contributed by atoms with E-state index in [1.54, 1.807) is 0 Å². The van der Waals surface area contributed by atoms with Crippen LogP contribution in [0.2, 0.25) is 0 Å². The van der Waals surface area contributed by atoms with Gasteiger partial charge in [-0.15, -0.1) is 0 Å². The molecule has 1 aliphatic heterocycles. The fourth-order valence-corrected chi connectivity index (χ4v) is 4.32. The Bertz CT molecular complexity index is 697. The first kappa shape index (κ1) is 16.5. The van der Waals surface area contributed by atoms with E-state index in [0.717, 1.165) is 17.2 Å². The monoisotopic (exact) mass is 335 g/mol. The Morgan fingerprint density at radius 1 is 0.680 bits per heavy atom. The number of rotatable bonds is 1. The number of hydrogen-bond acceptors (Lipinski definition) is 2. The minimum absolute atomic E-state index is 0.648. The third-order valence-electron chi connectivity index (χ3n) is 5.72. The molecule has 0 bridgehead atoms. The van der Waals surface area contributed by atoms with Crippen LogP contribution >= 0.6 is 0 Å². The van der Waals surface area contributed by atoms with E-state index in [0.29, 0.717) is 5.92 Å². The summed E-state index contributed by atoms with van der Waals surface area (Å²) in [6.45, 7) is 0. The van der Waals surface area contributed by atoms with Crippen LogP contribution in [0.5, 0.6) is 11.5 Å². The number of fused-ring (bicyclic) bond motifs is 2. The van der Waals surface area contributed by atoms with Crippen LogP contribution in [0.25, 0.3) is 0 Å². The van der Waals surface area contributed by atoms with Crippen molar-refractivity contribution in [1.29, 1.82) is 0 Å². The normalized spacial score (nSPS) is 18.9. The van der Waals surface area contributed by atoms with E-state index in [4.69, 9.17) is 4.74 Å². The second-order valence-electron chi connectivity index (χ2n) is 7.55. The molecule has 0 saturated heterocycles. The lowest BCUT2D eigenvalue weighted by molar-refractivity contribution is 0.475. The van der Waals surface area contributed by atoms with Crippen LogP contribution in [0.4, 0.5) is 11.4 Å². The first-order valence-corrected chi connectivity index (χ1v) is 10.1. The predicted molar refractivity (Wildman–Crippen MR) is 105 cm³/mol. The SMILES string of the molecule is c1ccc2c(c1)Nc1c(cccc1C1CCCCCCCCCC1)O2. The highest BCUT2D eigenvalue weighted by Gasteiger charge is 2.23. The van der Waals surface area contributed by atoms with Gasteiger partial charge in [0.1, 0.15) is 0 Å². The number of ether oxygens (including phenoxy) is 1. The summed E-state index contributed by atoms with van der Waals surface area (Å²) in [5.74, 6) is 2.55. The van der Waals surface area contributed by atoms with Gasteiger partial charge in [-0.2, -0.15) is 0 Å². The first-order chi connectivity index (χ1) is 12.4. The summed E-state index contributed by atoms with van der Waals surface area (Å²) in [5, 5.41) is 3.66. The Labute approximate surface area is 151 Å². The largest absolute Gasteiger partial charge is 0.453 e. The summed E-state index contributed by atoms with van der Waals surface area (Å²) >= 11 is 0. The van der Waals surface area contributed by atoms with Gasteiger partial charge in [-0.25, -0.2) is 0 Å². The fraction of sp³-hybridized carbons (Fsp3) is 0.478. The second kappa shape index (κ2) is 7.95. The van der Waals surface area contributed by atoms with E-state index >= 15 is 0 Å². The highest BCUT2D eigenvalue weighted by molar-refractivity contribution is 5.78. The van der Waals surface area contributed by atoms with Gasteiger partial charge in [0.25, 0.3) is 0 Å². The molecule has 0 spiro atoms. The average molecular weight is 335 g/mol.